The zero-order chi connectivity index (χ0) is 41.4. The summed E-state index contributed by atoms with van der Waals surface area (Å²) in [5, 5.41) is 9.52. The highest BCUT2D eigenvalue weighted by molar-refractivity contribution is 5.70. The molecule has 0 fully saturated rings. The summed E-state index contributed by atoms with van der Waals surface area (Å²) in [5.41, 5.74) is 0. The van der Waals surface area contributed by atoms with Gasteiger partial charge in [0, 0.05) is 12.8 Å². The van der Waals surface area contributed by atoms with Gasteiger partial charge >= 0.3 is 11.9 Å². The summed E-state index contributed by atoms with van der Waals surface area (Å²) < 4.78 is 10.5. The Labute approximate surface area is 355 Å². The number of hydrogen-bond acceptors (Lipinski definition) is 5. The predicted octanol–water partition coefficient (Wildman–Crippen LogP) is 16.4. The van der Waals surface area contributed by atoms with Gasteiger partial charge in [0.1, 0.15) is 6.61 Å². The van der Waals surface area contributed by atoms with Crippen molar-refractivity contribution >= 4 is 11.9 Å². The van der Waals surface area contributed by atoms with Crippen LogP contribution in [0.4, 0.5) is 0 Å². The van der Waals surface area contributed by atoms with E-state index in [4.69, 9.17) is 9.47 Å². The zero-order valence-electron chi connectivity index (χ0n) is 38.1. The molecule has 0 bridgehead atoms. The summed E-state index contributed by atoms with van der Waals surface area (Å²) in [6.07, 6.45) is 61.5. The zero-order valence-corrected chi connectivity index (χ0v) is 38.1. The quantitative estimate of drug-likeness (QED) is 0.0377. The molecule has 0 aliphatic heterocycles. The van der Waals surface area contributed by atoms with Crippen LogP contribution in [0.5, 0.6) is 0 Å². The third kappa shape index (κ3) is 46.7. The largest absolute Gasteiger partial charge is 0.462 e. The Morgan fingerprint density at radius 3 is 1.05 bits per heavy atom. The molecule has 1 atom stereocenters. The van der Waals surface area contributed by atoms with Crippen molar-refractivity contribution in [3.8, 4) is 0 Å². The lowest BCUT2D eigenvalue weighted by Gasteiger charge is -2.15. The van der Waals surface area contributed by atoms with Gasteiger partial charge in [0.15, 0.2) is 6.10 Å². The highest BCUT2D eigenvalue weighted by atomic mass is 16.6. The molecule has 0 spiro atoms. The van der Waals surface area contributed by atoms with E-state index in [-0.39, 0.29) is 25.2 Å². The van der Waals surface area contributed by atoms with E-state index in [0.29, 0.717) is 12.8 Å². The average molecular weight is 801 g/mol. The van der Waals surface area contributed by atoms with E-state index in [1.807, 2.05) is 0 Å². The molecular weight excluding hydrogens is 705 g/mol. The van der Waals surface area contributed by atoms with Crippen molar-refractivity contribution in [1.29, 1.82) is 0 Å². The summed E-state index contributed by atoms with van der Waals surface area (Å²) >= 11 is 0. The summed E-state index contributed by atoms with van der Waals surface area (Å²) in [4.78, 5) is 24.1. The maximum absolute atomic E-state index is 12.2. The van der Waals surface area contributed by atoms with Crippen LogP contribution in [0, 0.1) is 0 Å². The number of hydrogen-bond donors (Lipinski definition) is 1. The summed E-state index contributed by atoms with van der Waals surface area (Å²) in [6.45, 7) is 4.08. The van der Waals surface area contributed by atoms with Crippen molar-refractivity contribution in [3.05, 3.63) is 36.5 Å². The van der Waals surface area contributed by atoms with Crippen LogP contribution in [-0.4, -0.2) is 36.4 Å². The van der Waals surface area contributed by atoms with Gasteiger partial charge in [-0.3, -0.25) is 9.59 Å². The molecule has 0 aliphatic carbocycles. The summed E-state index contributed by atoms with van der Waals surface area (Å²) in [7, 11) is 0. The van der Waals surface area contributed by atoms with Crippen molar-refractivity contribution in [2.45, 2.75) is 270 Å². The van der Waals surface area contributed by atoms with Crippen LogP contribution in [0.25, 0.3) is 0 Å². The molecule has 334 valence electrons. The normalized spacial score (nSPS) is 12.4. The Morgan fingerprint density at radius 2 is 0.702 bits per heavy atom. The standard InChI is InChI=1S/C52H96O5/c1-3-5-7-9-11-12-13-14-15-16-17-18-19-20-21-22-23-24-25-26-27-28-29-30-31-32-33-34-35-36-37-38-39-40-41-43-45-47-52(55)57-50(48-53)49-56-51(54)46-44-42-10-8-6-4-2/h13-14,16-17,19-20,50,53H,3-12,15,18,21-49H2,1-2H3/b14-13-,17-16-,20-19-. The van der Waals surface area contributed by atoms with Gasteiger partial charge in [-0.1, -0.05) is 237 Å². The maximum atomic E-state index is 12.2. The minimum atomic E-state index is -0.763. The van der Waals surface area contributed by atoms with Gasteiger partial charge in [0.2, 0.25) is 0 Å². The average Bonchev–Trinajstić information content (AvgIpc) is 3.21. The van der Waals surface area contributed by atoms with Crippen molar-refractivity contribution in [3.63, 3.8) is 0 Å². The Kier molecular flexibility index (Phi) is 46.9. The SMILES string of the molecule is CCCCCCC/C=C\C/C=C\C/C=C\CCCCCCCCCCCCCCCCCCCCCCCCC(=O)OC(CO)COC(=O)CCCCCCCC. The molecule has 0 aromatic carbocycles. The van der Waals surface area contributed by atoms with Gasteiger partial charge in [-0.25, -0.2) is 0 Å². The fraction of sp³-hybridized carbons (Fsp3) is 0.846. The van der Waals surface area contributed by atoms with Gasteiger partial charge in [-0.15, -0.1) is 0 Å². The minimum Gasteiger partial charge on any atom is -0.462 e. The second-order valence-corrected chi connectivity index (χ2v) is 16.9. The molecule has 0 saturated carbocycles. The van der Waals surface area contributed by atoms with E-state index in [9.17, 15) is 14.7 Å². The fourth-order valence-corrected chi connectivity index (χ4v) is 7.39. The Bertz CT molecular complexity index is 908. The number of unbranched alkanes of at least 4 members (excludes halogenated alkanes) is 32. The van der Waals surface area contributed by atoms with Crippen molar-refractivity contribution in [2.24, 2.45) is 0 Å². The molecule has 0 saturated heterocycles. The van der Waals surface area contributed by atoms with E-state index in [0.717, 1.165) is 51.4 Å². The van der Waals surface area contributed by atoms with Crippen LogP contribution in [0.15, 0.2) is 36.5 Å². The Morgan fingerprint density at radius 1 is 0.404 bits per heavy atom. The van der Waals surface area contributed by atoms with Gasteiger partial charge in [0.05, 0.1) is 6.61 Å². The van der Waals surface area contributed by atoms with Crippen LogP contribution in [0.2, 0.25) is 0 Å². The third-order valence-corrected chi connectivity index (χ3v) is 11.2. The number of ether oxygens (including phenoxy) is 2. The molecular formula is C52H96O5. The molecule has 5 heteroatoms. The molecule has 0 rings (SSSR count). The number of esters is 2. The lowest BCUT2D eigenvalue weighted by atomic mass is 10.0. The van der Waals surface area contributed by atoms with Gasteiger partial charge in [-0.2, -0.15) is 0 Å². The van der Waals surface area contributed by atoms with Gasteiger partial charge in [0.25, 0.3) is 0 Å². The molecule has 5 nitrogen and oxygen atoms in total. The molecule has 1 N–H and O–H groups in total. The van der Waals surface area contributed by atoms with E-state index in [1.54, 1.807) is 0 Å². The molecule has 57 heavy (non-hydrogen) atoms. The first kappa shape index (κ1) is 55.1. The number of aliphatic hydroxyl groups excluding tert-OH is 1. The lowest BCUT2D eigenvalue weighted by molar-refractivity contribution is -0.161. The first-order valence-electron chi connectivity index (χ1n) is 25.0. The second-order valence-electron chi connectivity index (χ2n) is 16.9. The highest BCUT2D eigenvalue weighted by Crippen LogP contribution is 2.16. The highest BCUT2D eigenvalue weighted by Gasteiger charge is 2.16. The van der Waals surface area contributed by atoms with E-state index < -0.39 is 6.10 Å². The molecule has 0 heterocycles. The Balaban J connectivity index is 3.35. The first-order valence-corrected chi connectivity index (χ1v) is 25.0. The summed E-state index contributed by atoms with van der Waals surface area (Å²) in [5.74, 6) is -0.590. The molecule has 0 amide bonds. The van der Waals surface area contributed by atoms with Gasteiger partial charge in [-0.05, 0) is 51.4 Å². The van der Waals surface area contributed by atoms with Crippen molar-refractivity contribution in [1.82, 2.24) is 0 Å². The number of aliphatic hydroxyl groups is 1. The third-order valence-electron chi connectivity index (χ3n) is 11.2. The molecule has 1 unspecified atom stereocenters. The maximum Gasteiger partial charge on any atom is 0.306 e. The van der Waals surface area contributed by atoms with E-state index >= 15 is 0 Å². The minimum absolute atomic E-state index is 0.0618. The number of carbonyl (C=O) groups is 2. The van der Waals surface area contributed by atoms with Crippen LogP contribution >= 0.6 is 0 Å². The molecule has 0 aromatic heterocycles. The predicted molar refractivity (Wildman–Crippen MR) is 247 cm³/mol. The fourth-order valence-electron chi connectivity index (χ4n) is 7.39. The van der Waals surface area contributed by atoms with Crippen LogP contribution in [0.3, 0.4) is 0 Å². The monoisotopic (exact) mass is 801 g/mol. The number of allylic oxidation sites excluding steroid dienone is 6. The van der Waals surface area contributed by atoms with Crippen molar-refractivity contribution in [2.75, 3.05) is 13.2 Å². The first-order chi connectivity index (χ1) is 28.1. The van der Waals surface area contributed by atoms with Crippen LogP contribution in [-0.2, 0) is 19.1 Å². The topological polar surface area (TPSA) is 72.8 Å². The van der Waals surface area contributed by atoms with Crippen molar-refractivity contribution < 1.29 is 24.2 Å². The van der Waals surface area contributed by atoms with Crippen LogP contribution in [0.1, 0.15) is 264 Å². The lowest BCUT2D eigenvalue weighted by Crippen LogP contribution is -2.28. The number of rotatable bonds is 46. The molecule has 0 aliphatic rings. The number of carbonyl (C=O) groups excluding carboxylic acids is 2. The van der Waals surface area contributed by atoms with Crippen LogP contribution < -0.4 is 0 Å². The summed E-state index contributed by atoms with van der Waals surface area (Å²) in [6, 6.07) is 0. The molecule has 0 radical (unpaired) electrons. The van der Waals surface area contributed by atoms with E-state index in [2.05, 4.69) is 50.3 Å². The Hall–Kier alpha value is -1.88. The molecule has 0 aromatic rings. The smallest absolute Gasteiger partial charge is 0.306 e. The van der Waals surface area contributed by atoms with Gasteiger partial charge < -0.3 is 14.6 Å². The van der Waals surface area contributed by atoms with E-state index in [1.165, 1.54) is 186 Å². The second kappa shape index (κ2) is 48.5.